The number of hydrogen-bond donors (Lipinski definition) is 0. The number of nitrogens with zero attached hydrogens (tertiary/aromatic N) is 2. The van der Waals surface area contributed by atoms with Crippen LogP contribution in [0.4, 0.5) is 0 Å². The molecule has 4 heterocycles. The van der Waals surface area contributed by atoms with E-state index < -0.39 is 0 Å². The molecule has 49 heavy (non-hydrogen) atoms. The third-order valence-electron chi connectivity index (χ3n) is 8.80. The van der Waals surface area contributed by atoms with E-state index in [2.05, 4.69) is 89.8 Å². The van der Waals surface area contributed by atoms with Gasteiger partial charge in [0.2, 0.25) is 6.71 Å². The fourth-order valence-corrected chi connectivity index (χ4v) is 6.35. The van der Waals surface area contributed by atoms with Gasteiger partial charge in [0.25, 0.3) is 0 Å². The molecule has 0 fully saturated rings. The maximum absolute atomic E-state index is 6.40. The van der Waals surface area contributed by atoms with Crippen LogP contribution in [-0.4, -0.2) is 16.7 Å². The number of para-hydroxylation sites is 1. The SMILES string of the molecule is Cc1c[c-]c(-c2[c-]nc(C)c(-c3ccccc3)c2)cc1.Cc1ccc(-c2[c-]ccc3c2Oc2cccc4c2B3c2ccccc2O4)nc1.[Ir+3]. The Bertz CT molecular complexity index is 2270. The topological polar surface area (TPSA) is 44.2 Å². The van der Waals surface area contributed by atoms with Crippen molar-refractivity contribution in [1.29, 1.82) is 0 Å². The number of hydrogen-bond acceptors (Lipinski definition) is 4. The molecule has 0 N–H and O–H groups in total. The summed E-state index contributed by atoms with van der Waals surface area (Å²) in [5.41, 5.74) is 12.8. The normalized spacial score (nSPS) is 11.7. The average molecular weight is 810 g/mol. The Morgan fingerprint density at radius 2 is 1.41 bits per heavy atom. The molecule has 5 aromatic carbocycles. The average Bonchev–Trinajstić information content (AvgIpc) is 3.13. The molecule has 0 unspecified atom stereocenters. The molecule has 0 bridgehead atoms. The molecule has 2 aliphatic rings. The fraction of sp³-hybridized carbons (Fsp3) is 0.0698. The van der Waals surface area contributed by atoms with Crippen LogP contribution in [0, 0.1) is 39.1 Å². The third kappa shape index (κ3) is 6.22. The molecular formula is C43H30BIrN2O2. The number of fused-ring (bicyclic) bond motifs is 4. The molecule has 0 spiro atoms. The molecule has 0 atom stereocenters. The van der Waals surface area contributed by atoms with Gasteiger partial charge in [-0.05, 0) is 53.1 Å². The van der Waals surface area contributed by atoms with Crippen molar-refractivity contribution in [1.82, 2.24) is 9.97 Å². The minimum absolute atomic E-state index is 0. The first-order chi connectivity index (χ1) is 23.5. The molecule has 236 valence electrons. The third-order valence-corrected chi connectivity index (χ3v) is 8.80. The second kappa shape index (κ2) is 13.7. The molecule has 4 nitrogen and oxygen atoms in total. The van der Waals surface area contributed by atoms with Crippen molar-refractivity contribution in [3.05, 3.63) is 163 Å². The van der Waals surface area contributed by atoms with Crippen molar-refractivity contribution in [3.63, 3.8) is 0 Å². The van der Waals surface area contributed by atoms with Gasteiger partial charge < -0.3 is 19.4 Å². The molecule has 2 aromatic heterocycles. The second-order valence-corrected chi connectivity index (χ2v) is 12.1. The van der Waals surface area contributed by atoms with Crippen LogP contribution < -0.4 is 25.9 Å². The number of aryl methyl sites for hydroxylation is 3. The predicted octanol–water partition coefficient (Wildman–Crippen LogP) is 8.22. The Labute approximate surface area is 301 Å². The van der Waals surface area contributed by atoms with Crippen molar-refractivity contribution >= 4 is 23.1 Å². The summed E-state index contributed by atoms with van der Waals surface area (Å²) >= 11 is 0. The second-order valence-electron chi connectivity index (χ2n) is 12.1. The summed E-state index contributed by atoms with van der Waals surface area (Å²) in [6.45, 7) is 6.18. The molecule has 0 amide bonds. The van der Waals surface area contributed by atoms with E-state index in [1.165, 1.54) is 11.1 Å². The van der Waals surface area contributed by atoms with Gasteiger partial charge in [0.15, 0.2) is 0 Å². The van der Waals surface area contributed by atoms with E-state index in [1.807, 2.05) is 86.8 Å². The first-order valence-electron chi connectivity index (χ1n) is 16.0. The molecule has 0 saturated heterocycles. The zero-order valence-electron chi connectivity index (χ0n) is 27.2. The Morgan fingerprint density at radius 3 is 2.18 bits per heavy atom. The van der Waals surface area contributed by atoms with Crippen LogP contribution in [0.15, 0.2) is 128 Å². The number of benzene rings is 5. The van der Waals surface area contributed by atoms with Crippen molar-refractivity contribution in [2.45, 2.75) is 20.8 Å². The maximum atomic E-state index is 6.40. The molecule has 9 rings (SSSR count). The minimum atomic E-state index is 0. The summed E-state index contributed by atoms with van der Waals surface area (Å²) in [6.07, 6.45) is 4.98. The van der Waals surface area contributed by atoms with E-state index in [0.717, 1.165) is 78.6 Å². The van der Waals surface area contributed by atoms with Crippen molar-refractivity contribution in [2.75, 3.05) is 0 Å². The quantitative estimate of drug-likeness (QED) is 0.133. The van der Waals surface area contributed by atoms with E-state index in [1.54, 1.807) is 0 Å². The molecular weight excluding hydrogens is 780 g/mol. The Balaban J connectivity index is 0.000000160. The van der Waals surface area contributed by atoms with Crippen LogP contribution in [0.25, 0.3) is 33.5 Å². The van der Waals surface area contributed by atoms with Crippen LogP contribution in [0.5, 0.6) is 23.0 Å². The smallest absolute Gasteiger partial charge is 0.503 e. The summed E-state index contributed by atoms with van der Waals surface area (Å²) in [7, 11) is 0. The van der Waals surface area contributed by atoms with Crippen LogP contribution in [0.1, 0.15) is 16.8 Å². The fourth-order valence-electron chi connectivity index (χ4n) is 6.35. The maximum Gasteiger partial charge on any atom is 3.00 e. The zero-order valence-corrected chi connectivity index (χ0v) is 29.6. The van der Waals surface area contributed by atoms with Crippen molar-refractivity contribution < 1.29 is 29.6 Å². The van der Waals surface area contributed by atoms with Gasteiger partial charge in [0.1, 0.15) is 17.2 Å². The zero-order chi connectivity index (χ0) is 32.6. The van der Waals surface area contributed by atoms with Gasteiger partial charge in [-0.15, -0.1) is 29.2 Å². The summed E-state index contributed by atoms with van der Waals surface area (Å²) in [5, 5.41) is 0. The van der Waals surface area contributed by atoms with E-state index in [4.69, 9.17) is 9.47 Å². The van der Waals surface area contributed by atoms with Gasteiger partial charge in [-0.3, -0.25) is 0 Å². The van der Waals surface area contributed by atoms with Crippen LogP contribution in [0.2, 0.25) is 0 Å². The molecule has 0 saturated carbocycles. The van der Waals surface area contributed by atoms with Crippen molar-refractivity contribution in [2.24, 2.45) is 0 Å². The van der Waals surface area contributed by atoms with Gasteiger partial charge in [0, 0.05) is 17.4 Å². The minimum Gasteiger partial charge on any atom is -0.503 e. The Kier molecular flexibility index (Phi) is 9.01. The van der Waals surface area contributed by atoms with Gasteiger partial charge >= 0.3 is 20.1 Å². The van der Waals surface area contributed by atoms with E-state index >= 15 is 0 Å². The van der Waals surface area contributed by atoms with E-state index in [-0.39, 0.29) is 26.8 Å². The molecule has 0 aliphatic carbocycles. The molecule has 2 aliphatic heterocycles. The summed E-state index contributed by atoms with van der Waals surface area (Å²) in [5.74, 6) is 3.41. The van der Waals surface area contributed by atoms with Gasteiger partial charge in [-0.2, -0.15) is 30.3 Å². The Morgan fingerprint density at radius 1 is 0.653 bits per heavy atom. The van der Waals surface area contributed by atoms with Crippen LogP contribution in [0.3, 0.4) is 0 Å². The van der Waals surface area contributed by atoms with Gasteiger partial charge in [0.05, 0.1) is 0 Å². The molecule has 6 heteroatoms. The number of aromatic nitrogens is 2. The standard InChI is InChI=1S/C24H15BNO2.C19H15N.Ir/c1-15-12-13-19(26-14-15)16-6-4-8-18-24(16)28-22-11-5-10-21-23(22)25(18)17-7-2-3-9-20(17)27-21;1-14-8-10-16(11-9-14)18-12-19(15(2)20-13-18)17-6-4-3-5-7-17;/h2-5,7-14H,1H3;3-10,12H,1-2H3;/q-1;-2;+3. The number of pyridine rings is 2. The molecule has 0 radical (unpaired) electrons. The monoisotopic (exact) mass is 810 g/mol. The Hall–Kier alpha value is -5.29. The van der Waals surface area contributed by atoms with Crippen LogP contribution >= 0.6 is 0 Å². The van der Waals surface area contributed by atoms with Crippen molar-refractivity contribution in [3.8, 4) is 56.5 Å². The molecule has 7 aromatic rings. The van der Waals surface area contributed by atoms with E-state index in [0.29, 0.717) is 0 Å². The first kappa shape index (κ1) is 32.3. The van der Waals surface area contributed by atoms with Gasteiger partial charge in [-0.25, -0.2) is 11.1 Å². The van der Waals surface area contributed by atoms with Crippen LogP contribution in [-0.2, 0) is 20.1 Å². The largest absolute Gasteiger partial charge is 3.00 e. The van der Waals surface area contributed by atoms with E-state index in [9.17, 15) is 0 Å². The van der Waals surface area contributed by atoms with Gasteiger partial charge in [-0.1, -0.05) is 97.9 Å². The predicted molar refractivity (Wildman–Crippen MR) is 193 cm³/mol. The number of ether oxygens (including phenoxy) is 2. The number of rotatable bonds is 3. The summed E-state index contributed by atoms with van der Waals surface area (Å²) < 4.78 is 12.6. The summed E-state index contributed by atoms with van der Waals surface area (Å²) in [4.78, 5) is 9.01. The summed E-state index contributed by atoms with van der Waals surface area (Å²) in [6, 6.07) is 47.6. The first-order valence-corrected chi connectivity index (χ1v) is 16.0.